The summed E-state index contributed by atoms with van der Waals surface area (Å²) in [6.07, 6.45) is 4.97. The van der Waals surface area contributed by atoms with Crippen molar-refractivity contribution in [1.82, 2.24) is 4.98 Å². The molecule has 128 valence electrons. The summed E-state index contributed by atoms with van der Waals surface area (Å²) in [6.45, 7) is 2.74. The van der Waals surface area contributed by atoms with Crippen LogP contribution in [0, 0.1) is 0 Å². The molecule has 2 aromatic carbocycles. The predicted molar refractivity (Wildman–Crippen MR) is 107 cm³/mol. The van der Waals surface area contributed by atoms with Crippen molar-refractivity contribution in [3.8, 4) is 11.5 Å². The van der Waals surface area contributed by atoms with E-state index in [1.165, 1.54) is 0 Å². The zero-order chi connectivity index (χ0) is 17.6. The van der Waals surface area contributed by atoms with E-state index in [0.29, 0.717) is 12.4 Å². The van der Waals surface area contributed by atoms with Crippen LogP contribution in [-0.4, -0.2) is 18.7 Å². The molecule has 0 radical (unpaired) electrons. The van der Waals surface area contributed by atoms with Crippen LogP contribution in [0.2, 0.25) is 0 Å². The Bertz CT molecular complexity index is 906. The predicted octanol–water partition coefficient (Wildman–Crippen LogP) is 5.97. The SMILES string of the molecule is CCCOc1c(Br)cc(/C=C/c2ccc3ccccc3n2)cc1OC. The van der Waals surface area contributed by atoms with Crippen LogP contribution in [-0.2, 0) is 0 Å². The van der Waals surface area contributed by atoms with Crippen LogP contribution in [0.5, 0.6) is 11.5 Å². The molecule has 0 saturated carbocycles. The number of nitrogens with zero attached hydrogens (tertiary/aromatic N) is 1. The van der Waals surface area contributed by atoms with Crippen LogP contribution in [0.3, 0.4) is 0 Å². The van der Waals surface area contributed by atoms with Gasteiger partial charge in [-0.2, -0.15) is 0 Å². The molecule has 0 aliphatic rings. The zero-order valence-corrected chi connectivity index (χ0v) is 15.9. The van der Waals surface area contributed by atoms with E-state index in [1.54, 1.807) is 7.11 Å². The molecule has 0 amide bonds. The average Bonchev–Trinajstić information content (AvgIpc) is 2.65. The molecule has 0 unspecified atom stereocenters. The first kappa shape index (κ1) is 17.5. The van der Waals surface area contributed by atoms with Crippen LogP contribution in [0.15, 0.2) is 53.0 Å². The van der Waals surface area contributed by atoms with Crippen LogP contribution in [0.25, 0.3) is 23.1 Å². The van der Waals surface area contributed by atoms with Gasteiger partial charge in [0.2, 0.25) is 0 Å². The monoisotopic (exact) mass is 397 g/mol. The second-order valence-electron chi connectivity index (χ2n) is 5.64. The number of ether oxygens (including phenoxy) is 2. The third kappa shape index (κ3) is 4.20. The molecule has 0 spiro atoms. The molecule has 0 aliphatic heterocycles. The van der Waals surface area contributed by atoms with Crippen molar-refractivity contribution in [3.63, 3.8) is 0 Å². The molecular weight excluding hydrogens is 378 g/mol. The Morgan fingerprint density at radius 1 is 1.08 bits per heavy atom. The standard InChI is InChI=1S/C21H20BrNO2/c1-3-12-25-21-18(22)13-15(14-20(21)24-2)8-10-17-11-9-16-6-4-5-7-19(16)23-17/h4-11,13-14H,3,12H2,1-2H3/b10-8+. The molecule has 0 fully saturated rings. The van der Waals surface area contributed by atoms with Crippen LogP contribution in [0.4, 0.5) is 0 Å². The summed E-state index contributed by atoms with van der Waals surface area (Å²) in [7, 11) is 1.65. The Labute approximate surface area is 156 Å². The molecule has 0 N–H and O–H groups in total. The second-order valence-corrected chi connectivity index (χ2v) is 6.50. The molecule has 25 heavy (non-hydrogen) atoms. The molecule has 3 aromatic rings. The number of hydrogen-bond donors (Lipinski definition) is 0. The van der Waals surface area contributed by atoms with Gasteiger partial charge in [-0.15, -0.1) is 0 Å². The van der Waals surface area contributed by atoms with Gasteiger partial charge in [-0.1, -0.05) is 37.3 Å². The van der Waals surface area contributed by atoms with E-state index >= 15 is 0 Å². The maximum atomic E-state index is 5.77. The van der Waals surface area contributed by atoms with Crippen molar-refractivity contribution >= 4 is 39.0 Å². The number of methoxy groups -OCH3 is 1. The summed E-state index contributed by atoms with van der Waals surface area (Å²) in [6, 6.07) is 16.2. The second kappa shape index (κ2) is 8.17. The largest absolute Gasteiger partial charge is 0.493 e. The molecule has 4 heteroatoms. The highest BCUT2D eigenvalue weighted by molar-refractivity contribution is 9.10. The van der Waals surface area contributed by atoms with Gasteiger partial charge in [-0.3, -0.25) is 0 Å². The van der Waals surface area contributed by atoms with Crippen molar-refractivity contribution in [2.75, 3.05) is 13.7 Å². The molecule has 3 rings (SSSR count). The van der Waals surface area contributed by atoms with Gasteiger partial charge in [-0.25, -0.2) is 4.98 Å². The molecular formula is C21H20BrNO2. The van der Waals surface area contributed by atoms with Crippen molar-refractivity contribution in [1.29, 1.82) is 0 Å². The Kier molecular flexibility index (Phi) is 5.71. The van der Waals surface area contributed by atoms with Gasteiger partial charge < -0.3 is 9.47 Å². The number of fused-ring (bicyclic) bond motifs is 1. The van der Waals surface area contributed by atoms with E-state index in [1.807, 2.05) is 48.6 Å². The first-order valence-electron chi connectivity index (χ1n) is 8.25. The molecule has 0 atom stereocenters. The number of aromatic nitrogens is 1. The van der Waals surface area contributed by atoms with Crippen molar-refractivity contribution < 1.29 is 9.47 Å². The summed E-state index contributed by atoms with van der Waals surface area (Å²) in [5.74, 6) is 1.46. The Hall–Kier alpha value is -2.33. The van der Waals surface area contributed by atoms with Gasteiger partial charge in [0.05, 0.1) is 29.4 Å². The summed E-state index contributed by atoms with van der Waals surface area (Å²) >= 11 is 3.57. The fourth-order valence-electron chi connectivity index (χ4n) is 2.54. The van der Waals surface area contributed by atoms with Gasteiger partial charge in [0.1, 0.15) is 0 Å². The first-order valence-corrected chi connectivity index (χ1v) is 9.04. The van der Waals surface area contributed by atoms with E-state index in [4.69, 9.17) is 9.47 Å². The lowest BCUT2D eigenvalue weighted by atomic mass is 10.1. The minimum absolute atomic E-state index is 0.658. The van der Waals surface area contributed by atoms with Gasteiger partial charge in [0, 0.05) is 5.39 Å². The lowest BCUT2D eigenvalue weighted by Crippen LogP contribution is -1.99. The van der Waals surface area contributed by atoms with Crippen LogP contribution < -0.4 is 9.47 Å². The molecule has 3 nitrogen and oxygen atoms in total. The normalized spacial score (nSPS) is 11.2. The average molecular weight is 398 g/mol. The molecule has 0 saturated heterocycles. The number of halogens is 1. The number of benzene rings is 2. The first-order chi connectivity index (χ1) is 12.2. The minimum atomic E-state index is 0.658. The Morgan fingerprint density at radius 3 is 2.72 bits per heavy atom. The van der Waals surface area contributed by atoms with Crippen molar-refractivity contribution in [2.45, 2.75) is 13.3 Å². The summed E-state index contributed by atoms with van der Waals surface area (Å²) < 4.78 is 12.1. The molecule has 1 aromatic heterocycles. The molecule has 1 heterocycles. The minimum Gasteiger partial charge on any atom is -0.493 e. The highest BCUT2D eigenvalue weighted by Gasteiger charge is 2.10. The van der Waals surface area contributed by atoms with Crippen LogP contribution in [0.1, 0.15) is 24.6 Å². The summed E-state index contributed by atoms with van der Waals surface area (Å²) in [5.41, 5.74) is 2.93. The number of hydrogen-bond acceptors (Lipinski definition) is 3. The molecule has 0 aliphatic carbocycles. The number of rotatable bonds is 6. The fraction of sp³-hybridized carbons (Fsp3) is 0.190. The van der Waals surface area contributed by atoms with Crippen molar-refractivity contribution in [2.24, 2.45) is 0 Å². The van der Waals surface area contributed by atoms with E-state index in [9.17, 15) is 0 Å². The van der Waals surface area contributed by atoms with Crippen molar-refractivity contribution in [3.05, 3.63) is 64.3 Å². The van der Waals surface area contributed by atoms with E-state index in [0.717, 1.165) is 38.8 Å². The summed E-state index contributed by atoms with van der Waals surface area (Å²) in [4.78, 5) is 4.66. The Balaban J connectivity index is 1.88. The quantitative estimate of drug-likeness (QED) is 0.513. The summed E-state index contributed by atoms with van der Waals surface area (Å²) in [5, 5.41) is 1.14. The highest BCUT2D eigenvalue weighted by atomic mass is 79.9. The van der Waals surface area contributed by atoms with Gasteiger partial charge in [-0.05, 0) is 58.3 Å². The lowest BCUT2D eigenvalue weighted by molar-refractivity contribution is 0.292. The maximum Gasteiger partial charge on any atom is 0.175 e. The van der Waals surface area contributed by atoms with Gasteiger partial charge >= 0.3 is 0 Å². The highest BCUT2D eigenvalue weighted by Crippen LogP contribution is 2.37. The number of para-hydroxylation sites is 1. The van der Waals surface area contributed by atoms with E-state index in [-0.39, 0.29) is 0 Å². The maximum absolute atomic E-state index is 5.77. The third-order valence-electron chi connectivity index (χ3n) is 3.77. The number of pyridine rings is 1. The third-order valence-corrected chi connectivity index (χ3v) is 4.36. The van der Waals surface area contributed by atoms with E-state index in [2.05, 4.69) is 40.0 Å². The topological polar surface area (TPSA) is 31.4 Å². The smallest absolute Gasteiger partial charge is 0.175 e. The zero-order valence-electron chi connectivity index (χ0n) is 14.3. The van der Waals surface area contributed by atoms with Gasteiger partial charge in [0.25, 0.3) is 0 Å². The van der Waals surface area contributed by atoms with Crippen LogP contribution >= 0.6 is 15.9 Å². The Morgan fingerprint density at radius 2 is 1.92 bits per heavy atom. The molecule has 0 bridgehead atoms. The lowest BCUT2D eigenvalue weighted by Gasteiger charge is -2.13. The fourth-order valence-corrected chi connectivity index (χ4v) is 3.11. The van der Waals surface area contributed by atoms with E-state index < -0.39 is 0 Å². The van der Waals surface area contributed by atoms with Gasteiger partial charge in [0.15, 0.2) is 11.5 Å².